The summed E-state index contributed by atoms with van der Waals surface area (Å²) >= 11 is 6.53. The van der Waals surface area contributed by atoms with Crippen LogP contribution >= 0.6 is 11.6 Å². The third-order valence-electron chi connectivity index (χ3n) is 5.73. The Bertz CT molecular complexity index is 512. The summed E-state index contributed by atoms with van der Waals surface area (Å²) in [5.41, 5.74) is 2.12. The predicted octanol–water partition coefficient (Wildman–Crippen LogP) is 3.92. The molecule has 3 heteroatoms. The van der Waals surface area contributed by atoms with Gasteiger partial charge in [0, 0.05) is 36.2 Å². The molecule has 1 saturated heterocycles. The normalized spacial score (nSPS) is 26.5. The van der Waals surface area contributed by atoms with E-state index in [0.29, 0.717) is 5.41 Å². The minimum Gasteiger partial charge on any atom is -0.381 e. The minimum absolute atomic E-state index is 0.248. The number of nitrogens with one attached hydrogen (secondary N) is 1. The molecular weight excluding hydrogens is 282 g/mol. The second kappa shape index (κ2) is 5.26. The molecule has 2 nitrogen and oxygen atoms in total. The first kappa shape index (κ1) is 14.0. The molecule has 114 valence electrons. The Morgan fingerprint density at radius 1 is 1.14 bits per heavy atom. The molecule has 0 bridgehead atoms. The predicted molar refractivity (Wildman–Crippen MR) is 85.9 cm³/mol. The van der Waals surface area contributed by atoms with Crippen LogP contribution in [0, 0.1) is 5.41 Å². The summed E-state index contributed by atoms with van der Waals surface area (Å²) in [6, 6.07) is 9.22. The molecule has 3 aliphatic rings. The maximum atomic E-state index is 6.53. The molecule has 2 aliphatic carbocycles. The van der Waals surface area contributed by atoms with E-state index in [-0.39, 0.29) is 5.41 Å². The maximum Gasteiger partial charge on any atom is 0.0471 e. The van der Waals surface area contributed by atoms with Crippen LogP contribution in [0.2, 0.25) is 5.02 Å². The van der Waals surface area contributed by atoms with Gasteiger partial charge in [-0.25, -0.2) is 0 Å². The molecule has 0 unspecified atom stereocenters. The zero-order valence-electron chi connectivity index (χ0n) is 12.5. The van der Waals surface area contributed by atoms with Crippen molar-refractivity contribution in [1.29, 1.82) is 0 Å². The number of ether oxygens (including phenoxy) is 1. The van der Waals surface area contributed by atoms with E-state index in [0.717, 1.165) is 30.8 Å². The average molecular weight is 306 g/mol. The van der Waals surface area contributed by atoms with Crippen molar-refractivity contribution in [3.63, 3.8) is 0 Å². The van der Waals surface area contributed by atoms with Gasteiger partial charge in [-0.3, -0.25) is 0 Å². The molecule has 0 aromatic heterocycles. The number of hydrogen-bond acceptors (Lipinski definition) is 2. The minimum atomic E-state index is 0.248. The molecule has 21 heavy (non-hydrogen) atoms. The highest BCUT2D eigenvalue weighted by Crippen LogP contribution is 2.61. The van der Waals surface area contributed by atoms with E-state index in [1.54, 1.807) is 0 Å². The molecular formula is C18H24ClNO. The highest BCUT2D eigenvalue weighted by Gasteiger charge is 2.55. The highest BCUT2D eigenvalue weighted by atomic mass is 35.5. The third kappa shape index (κ3) is 2.62. The molecule has 1 aliphatic heterocycles. The van der Waals surface area contributed by atoms with Crippen molar-refractivity contribution >= 4 is 11.6 Å². The molecule has 1 aromatic carbocycles. The van der Waals surface area contributed by atoms with Crippen LogP contribution in [0.3, 0.4) is 0 Å². The van der Waals surface area contributed by atoms with Gasteiger partial charge in [0.2, 0.25) is 0 Å². The van der Waals surface area contributed by atoms with E-state index in [1.807, 2.05) is 12.1 Å². The second-order valence-corrected chi connectivity index (χ2v) is 7.79. The van der Waals surface area contributed by atoms with Crippen molar-refractivity contribution in [3.05, 3.63) is 34.9 Å². The van der Waals surface area contributed by atoms with Crippen LogP contribution in [0.4, 0.5) is 0 Å². The lowest BCUT2D eigenvalue weighted by Crippen LogP contribution is -2.56. The van der Waals surface area contributed by atoms with E-state index < -0.39 is 0 Å². The Balaban J connectivity index is 1.57. The van der Waals surface area contributed by atoms with Crippen LogP contribution in [-0.4, -0.2) is 25.8 Å². The van der Waals surface area contributed by atoms with Crippen molar-refractivity contribution in [2.24, 2.45) is 5.41 Å². The Hall–Kier alpha value is -0.570. The van der Waals surface area contributed by atoms with Crippen LogP contribution in [0.15, 0.2) is 24.3 Å². The van der Waals surface area contributed by atoms with Gasteiger partial charge in [-0.1, -0.05) is 29.8 Å². The summed E-state index contributed by atoms with van der Waals surface area (Å²) in [6.45, 7) is 2.97. The summed E-state index contributed by atoms with van der Waals surface area (Å²) in [6.07, 6.45) is 7.68. The molecule has 4 rings (SSSR count). The second-order valence-electron chi connectivity index (χ2n) is 7.38. The van der Waals surface area contributed by atoms with Gasteiger partial charge in [-0.2, -0.15) is 0 Å². The molecule has 1 N–H and O–H groups in total. The molecule has 2 saturated carbocycles. The molecule has 1 spiro atoms. The van der Waals surface area contributed by atoms with Crippen LogP contribution in [0.1, 0.15) is 44.1 Å². The first-order chi connectivity index (χ1) is 10.2. The smallest absolute Gasteiger partial charge is 0.0471 e. The standard InChI is InChI=1S/C18H24ClNO/c19-16-4-2-1-3-15(16)18(13-20-14-5-6-14)11-17(12-18)7-9-21-10-8-17/h1-4,14,20H,5-13H2. The Morgan fingerprint density at radius 2 is 1.86 bits per heavy atom. The summed E-state index contributed by atoms with van der Waals surface area (Å²) in [5.74, 6) is 0. The molecule has 1 aromatic rings. The average Bonchev–Trinajstić information content (AvgIpc) is 3.28. The first-order valence-corrected chi connectivity index (χ1v) is 8.66. The maximum absolute atomic E-state index is 6.53. The van der Waals surface area contributed by atoms with Crippen molar-refractivity contribution in [2.45, 2.75) is 50.0 Å². The topological polar surface area (TPSA) is 21.3 Å². The number of rotatable bonds is 4. The Labute approximate surface area is 132 Å². The lowest BCUT2D eigenvalue weighted by Gasteiger charge is -2.59. The Kier molecular flexibility index (Phi) is 3.52. The van der Waals surface area contributed by atoms with Gasteiger partial charge in [-0.05, 0) is 55.6 Å². The zero-order chi connectivity index (χ0) is 14.3. The quantitative estimate of drug-likeness (QED) is 0.910. The molecule has 0 amide bonds. The zero-order valence-corrected chi connectivity index (χ0v) is 13.3. The van der Waals surface area contributed by atoms with Crippen LogP contribution in [0.25, 0.3) is 0 Å². The van der Waals surface area contributed by atoms with E-state index in [1.165, 1.54) is 44.1 Å². The monoisotopic (exact) mass is 305 g/mol. The van der Waals surface area contributed by atoms with Gasteiger partial charge in [0.1, 0.15) is 0 Å². The fourth-order valence-electron chi connectivity index (χ4n) is 4.47. The van der Waals surface area contributed by atoms with Crippen LogP contribution < -0.4 is 5.32 Å². The SMILES string of the molecule is Clc1ccccc1C1(CNC2CC2)CC2(CCOCC2)C1. The van der Waals surface area contributed by atoms with Crippen molar-refractivity contribution < 1.29 is 4.74 Å². The first-order valence-electron chi connectivity index (χ1n) is 8.28. The lowest BCUT2D eigenvalue weighted by atomic mass is 9.48. The largest absolute Gasteiger partial charge is 0.381 e. The molecule has 1 heterocycles. The summed E-state index contributed by atoms with van der Waals surface area (Å²) < 4.78 is 5.56. The summed E-state index contributed by atoms with van der Waals surface area (Å²) in [4.78, 5) is 0. The fourth-order valence-corrected chi connectivity index (χ4v) is 4.81. The molecule has 3 fully saturated rings. The van der Waals surface area contributed by atoms with Crippen molar-refractivity contribution in [1.82, 2.24) is 5.32 Å². The molecule has 0 radical (unpaired) electrons. The van der Waals surface area contributed by atoms with Gasteiger partial charge >= 0.3 is 0 Å². The van der Waals surface area contributed by atoms with Crippen LogP contribution in [0.5, 0.6) is 0 Å². The van der Waals surface area contributed by atoms with Gasteiger partial charge in [0.25, 0.3) is 0 Å². The van der Waals surface area contributed by atoms with Gasteiger partial charge in [0.15, 0.2) is 0 Å². The number of halogens is 1. The van der Waals surface area contributed by atoms with E-state index in [4.69, 9.17) is 16.3 Å². The van der Waals surface area contributed by atoms with Crippen molar-refractivity contribution in [3.8, 4) is 0 Å². The Morgan fingerprint density at radius 3 is 2.52 bits per heavy atom. The summed E-state index contributed by atoms with van der Waals surface area (Å²) in [5, 5.41) is 4.70. The van der Waals surface area contributed by atoms with E-state index in [2.05, 4.69) is 17.4 Å². The third-order valence-corrected chi connectivity index (χ3v) is 6.06. The molecule has 0 atom stereocenters. The van der Waals surface area contributed by atoms with E-state index >= 15 is 0 Å². The van der Waals surface area contributed by atoms with Gasteiger partial charge < -0.3 is 10.1 Å². The fraction of sp³-hybridized carbons (Fsp3) is 0.667. The highest BCUT2D eigenvalue weighted by molar-refractivity contribution is 6.31. The lowest BCUT2D eigenvalue weighted by molar-refractivity contribution is -0.0737. The number of benzene rings is 1. The summed E-state index contributed by atoms with van der Waals surface area (Å²) in [7, 11) is 0. The van der Waals surface area contributed by atoms with Gasteiger partial charge in [-0.15, -0.1) is 0 Å². The van der Waals surface area contributed by atoms with E-state index in [9.17, 15) is 0 Å². The van der Waals surface area contributed by atoms with Gasteiger partial charge in [0.05, 0.1) is 0 Å². The number of hydrogen-bond donors (Lipinski definition) is 1. The van der Waals surface area contributed by atoms with Crippen molar-refractivity contribution in [2.75, 3.05) is 19.8 Å². The van der Waals surface area contributed by atoms with Crippen LogP contribution in [-0.2, 0) is 10.2 Å².